The molecule has 0 fully saturated rings. The van der Waals surface area contributed by atoms with Crippen LogP contribution in [-0.4, -0.2) is 16.3 Å². The SMILES string of the molecule is CCc1ccc(C(=O)c2cn(CC(=O)Nc3ccccc3C)c3ccccc3c2=O)cc1. The second kappa shape index (κ2) is 9.02. The number of hydrogen-bond acceptors (Lipinski definition) is 3. The predicted octanol–water partition coefficient (Wildman–Crippen LogP) is 4.74. The lowest BCUT2D eigenvalue weighted by Crippen LogP contribution is -2.24. The summed E-state index contributed by atoms with van der Waals surface area (Å²) in [5.41, 5.74) is 3.58. The van der Waals surface area contributed by atoms with E-state index in [0.717, 1.165) is 23.2 Å². The Morgan fingerprint density at radius 3 is 2.31 bits per heavy atom. The van der Waals surface area contributed by atoms with Crippen LogP contribution in [0.2, 0.25) is 0 Å². The van der Waals surface area contributed by atoms with Gasteiger partial charge < -0.3 is 9.88 Å². The number of carbonyl (C=O) groups excluding carboxylic acids is 2. The minimum atomic E-state index is -0.350. The summed E-state index contributed by atoms with van der Waals surface area (Å²) >= 11 is 0. The first-order valence-electron chi connectivity index (χ1n) is 10.6. The Kier molecular flexibility index (Phi) is 5.99. The second-order valence-electron chi connectivity index (χ2n) is 7.76. The Labute approximate surface area is 186 Å². The van der Waals surface area contributed by atoms with Crippen molar-refractivity contribution in [3.05, 3.63) is 111 Å². The molecule has 1 heterocycles. The standard InChI is InChI=1S/C27H24N2O3/c1-3-19-12-14-20(15-13-19)26(31)22-16-29(24-11-7-5-9-21(24)27(22)32)17-25(30)28-23-10-6-4-8-18(23)2/h4-16H,3,17H2,1-2H3,(H,28,30). The van der Waals surface area contributed by atoms with E-state index >= 15 is 0 Å². The summed E-state index contributed by atoms with van der Waals surface area (Å²) in [6, 6.07) is 21.8. The normalized spacial score (nSPS) is 10.8. The lowest BCUT2D eigenvalue weighted by Gasteiger charge is -2.14. The first-order chi connectivity index (χ1) is 15.5. The van der Waals surface area contributed by atoms with E-state index in [2.05, 4.69) is 5.32 Å². The summed E-state index contributed by atoms with van der Waals surface area (Å²) in [5.74, 6) is -0.588. The molecule has 0 saturated heterocycles. The van der Waals surface area contributed by atoms with Gasteiger partial charge in [-0.2, -0.15) is 0 Å². The number of pyridine rings is 1. The maximum absolute atomic E-state index is 13.2. The van der Waals surface area contributed by atoms with Crippen molar-refractivity contribution in [1.82, 2.24) is 4.57 Å². The van der Waals surface area contributed by atoms with Crippen molar-refractivity contribution in [2.45, 2.75) is 26.8 Å². The smallest absolute Gasteiger partial charge is 0.244 e. The van der Waals surface area contributed by atoms with E-state index in [1.165, 1.54) is 6.20 Å². The molecule has 4 rings (SSSR count). The molecule has 1 amide bonds. The third-order valence-corrected chi connectivity index (χ3v) is 5.59. The number of ketones is 1. The van der Waals surface area contributed by atoms with E-state index < -0.39 is 0 Å². The summed E-state index contributed by atoms with van der Waals surface area (Å²) in [6.07, 6.45) is 2.37. The van der Waals surface area contributed by atoms with E-state index in [1.807, 2.05) is 56.3 Å². The van der Waals surface area contributed by atoms with Crippen molar-refractivity contribution < 1.29 is 9.59 Å². The van der Waals surface area contributed by atoms with Gasteiger partial charge in [-0.15, -0.1) is 0 Å². The Balaban J connectivity index is 1.73. The van der Waals surface area contributed by atoms with Crippen LogP contribution in [0, 0.1) is 6.92 Å². The Bertz CT molecular complexity index is 1370. The third-order valence-electron chi connectivity index (χ3n) is 5.59. The fourth-order valence-electron chi connectivity index (χ4n) is 3.74. The highest BCUT2D eigenvalue weighted by atomic mass is 16.2. The topological polar surface area (TPSA) is 68.2 Å². The fourth-order valence-corrected chi connectivity index (χ4v) is 3.74. The number of anilines is 1. The van der Waals surface area contributed by atoms with Gasteiger partial charge in [0.1, 0.15) is 6.54 Å². The quantitative estimate of drug-likeness (QED) is 0.455. The van der Waals surface area contributed by atoms with Crippen molar-refractivity contribution in [3.8, 4) is 0 Å². The zero-order chi connectivity index (χ0) is 22.7. The van der Waals surface area contributed by atoms with E-state index in [9.17, 15) is 14.4 Å². The molecule has 0 unspecified atom stereocenters. The highest BCUT2D eigenvalue weighted by Crippen LogP contribution is 2.17. The Hall–Kier alpha value is -3.99. The maximum Gasteiger partial charge on any atom is 0.244 e. The van der Waals surface area contributed by atoms with Crippen LogP contribution in [0.25, 0.3) is 10.9 Å². The van der Waals surface area contributed by atoms with Crippen LogP contribution in [0.5, 0.6) is 0 Å². The number of aromatic nitrogens is 1. The molecule has 0 atom stereocenters. The van der Waals surface area contributed by atoms with Crippen LogP contribution in [0.1, 0.15) is 34.0 Å². The number of fused-ring (bicyclic) bond motifs is 1. The van der Waals surface area contributed by atoms with Gasteiger partial charge in [0.05, 0.1) is 11.1 Å². The largest absolute Gasteiger partial charge is 0.337 e. The van der Waals surface area contributed by atoms with E-state index in [0.29, 0.717) is 16.5 Å². The molecule has 0 radical (unpaired) electrons. The van der Waals surface area contributed by atoms with Gasteiger partial charge in [-0.05, 0) is 42.7 Å². The molecule has 3 aromatic carbocycles. The molecule has 0 aliphatic rings. The number of hydrogen-bond donors (Lipinski definition) is 1. The summed E-state index contributed by atoms with van der Waals surface area (Å²) < 4.78 is 1.66. The van der Waals surface area contributed by atoms with Crippen molar-refractivity contribution in [3.63, 3.8) is 0 Å². The van der Waals surface area contributed by atoms with Crippen molar-refractivity contribution in [2.75, 3.05) is 5.32 Å². The molecular weight excluding hydrogens is 400 g/mol. The van der Waals surface area contributed by atoms with Crippen LogP contribution in [-0.2, 0) is 17.8 Å². The first-order valence-corrected chi connectivity index (χ1v) is 10.6. The number of nitrogens with one attached hydrogen (secondary N) is 1. The summed E-state index contributed by atoms with van der Waals surface area (Å²) in [6.45, 7) is 3.94. The molecule has 4 aromatic rings. The molecule has 0 bridgehead atoms. The van der Waals surface area contributed by atoms with Crippen LogP contribution in [0.15, 0.2) is 83.8 Å². The zero-order valence-corrected chi connectivity index (χ0v) is 18.1. The average Bonchev–Trinajstić information content (AvgIpc) is 2.82. The van der Waals surface area contributed by atoms with E-state index in [-0.39, 0.29) is 29.2 Å². The third kappa shape index (κ3) is 4.23. The minimum absolute atomic E-state index is 0.0236. The molecule has 0 spiro atoms. The van der Waals surface area contributed by atoms with Gasteiger partial charge in [-0.25, -0.2) is 0 Å². The summed E-state index contributed by atoms with van der Waals surface area (Å²) in [7, 11) is 0. The molecule has 0 aliphatic carbocycles. The van der Waals surface area contributed by atoms with E-state index in [1.54, 1.807) is 34.9 Å². The zero-order valence-electron chi connectivity index (χ0n) is 18.1. The van der Waals surface area contributed by atoms with Crippen LogP contribution < -0.4 is 10.7 Å². The van der Waals surface area contributed by atoms with Gasteiger partial charge in [0.15, 0.2) is 5.78 Å². The maximum atomic E-state index is 13.2. The Morgan fingerprint density at radius 1 is 0.906 bits per heavy atom. The van der Waals surface area contributed by atoms with Gasteiger partial charge in [0.25, 0.3) is 0 Å². The first kappa shape index (κ1) is 21.2. The molecule has 32 heavy (non-hydrogen) atoms. The van der Waals surface area contributed by atoms with Gasteiger partial charge in [0, 0.05) is 22.8 Å². The highest BCUT2D eigenvalue weighted by Gasteiger charge is 2.18. The van der Waals surface area contributed by atoms with Crippen molar-refractivity contribution >= 4 is 28.3 Å². The second-order valence-corrected chi connectivity index (χ2v) is 7.76. The average molecular weight is 425 g/mol. The summed E-state index contributed by atoms with van der Waals surface area (Å²) in [5, 5.41) is 3.32. The van der Waals surface area contributed by atoms with Crippen LogP contribution in [0.4, 0.5) is 5.69 Å². The molecule has 0 aliphatic heterocycles. The Morgan fingerprint density at radius 2 is 1.59 bits per heavy atom. The monoisotopic (exact) mass is 424 g/mol. The van der Waals surface area contributed by atoms with Gasteiger partial charge in [-0.1, -0.05) is 61.5 Å². The number of aryl methyl sites for hydroxylation is 2. The van der Waals surface area contributed by atoms with Gasteiger partial charge in [-0.3, -0.25) is 14.4 Å². The minimum Gasteiger partial charge on any atom is -0.337 e. The lowest BCUT2D eigenvalue weighted by atomic mass is 10.0. The van der Waals surface area contributed by atoms with Crippen LogP contribution >= 0.6 is 0 Å². The number of nitrogens with zero attached hydrogens (tertiary/aromatic N) is 1. The van der Waals surface area contributed by atoms with E-state index in [4.69, 9.17) is 0 Å². The van der Waals surface area contributed by atoms with Crippen molar-refractivity contribution in [1.29, 1.82) is 0 Å². The van der Waals surface area contributed by atoms with Gasteiger partial charge in [0.2, 0.25) is 11.3 Å². The highest BCUT2D eigenvalue weighted by molar-refractivity contribution is 6.10. The number of carbonyl (C=O) groups is 2. The molecule has 0 saturated carbocycles. The van der Waals surface area contributed by atoms with Crippen LogP contribution in [0.3, 0.4) is 0 Å². The van der Waals surface area contributed by atoms with Gasteiger partial charge >= 0.3 is 0 Å². The van der Waals surface area contributed by atoms with Crippen molar-refractivity contribution in [2.24, 2.45) is 0 Å². The number of para-hydroxylation sites is 2. The predicted molar refractivity (Wildman–Crippen MR) is 127 cm³/mol. The number of benzene rings is 3. The fraction of sp³-hybridized carbons (Fsp3) is 0.148. The lowest BCUT2D eigenvalue weighted by molar-refractivity contribution is -0.116. The molecule has 1 aromatic heterocycles. The molecule has 1 N–H and O–H groups in total. The summed E-state index contributed by atoms with van der Waals surface area (Å²) in [4.78, 5) is 39.1. The number of rotatable bonds is 6. The number of amides is 1. The molecule has 5 heteroatoms. The molecular formula is C27H24N2O3. The molecule has 160 valence electrons. The molecule has 5 nitrogen and oxygen atoms in total.